The molecule has 2 amide bonds. The maximum absolute atomic E-state index is 13.2. The summed E-state index contributed by atoms with van der Waals surface area (Å²) < 4.78 is 0. The molecule has 3 rings (SSSR count). The molecule has 0 aromatic heterocycles. The molecule has 0 aliphatic carbocycles. The molecule has 4 nitrogen and oxygen atoms in total. The molecule has 6 heteroatoms. The van der Waals surface area contributed by atoms with Crippen LogP contribution in [0.2, 0.25) is 11.6 Å². The zero-order chi connectivity index (χ0) is 18.5. The van der Waals surface area contributed by atoms with E-state index in [4.69, 9.17) is 0 Å². The predicted octanol–water partition coefficient (Wildman–Crippen LogP) is 2.21. The van der Waals surface area contributed by atoms with E-state index in [0.29, 0.717) is 13.1 Å². The molecule has 1 aliphatic rings. The van der Waals surface area contributed by atoms with Crippen molar-refractivity contribution < 1.29 is 9.59 Å². The first-order chi connectivity index (χ1) is 12.7. The Hall–Kier alpha value is -1.58. The van der Waals surface area contributed by atoms with Crippen molar-refractivity contribution in [1.29, 1.82) is 0 Å². The Bertz CT molecular complexity index is 689. The Morgan fingerprint density at radius 2 is 1.04 bits per heavy atom. The molecule has 0 bridgehead atoms. The van der Waals surface area contributed by atoms with Gasteiger partial charge in [0.1, 0.15) is 0 Å². The van der Waals surface area contributed by atoms with Gasteiger partial charge in [-0.15, -0.1) is 0 Å². The van der Waals surface area contributed by atoms with Gasteiger partial charge in [0.2, 0.25) is 0 Å². The number of hydrogen-bond acceptors (Lipinski definition) is 2. The zero-order valence-electron chi connectivity index (χ0n) is 14.9. The summed E-state index contributed by atoms with van der Waals surface area (Å²) in [7, 11) is 0. The van der Waals surface area contributed by atoms with Crippen LogP contribution in [0.5, 0.6) is 0 Å². The van der Waals surface area contributed by atoms with Gasteiger partial charge >= 0.3 is 168 Å². The van der Waals surface area contributed by atoms with Crippen LogP contribution in [0.25, 0.3) is 0 Å². The Labute approximate surface area is 167 Å². The normalized spacial score (nSPS) is 20.5. The summed E-state index contributed by atoms with van der Waals surface area (Å²) in [5.41, 5.74) is 2.14. The summed E-state index contributed by atoms with van der Waals surface area (Å²) in [6.07, 6.45) is 0. The van der Waals surface area contributed by atoms with Crippen LogP contribution in [0.1, 0.15) is 11.1 Å². The molecule has 1 heterocycles. The summed E-state index contributed by atoms with van der Waals surface area (Å²) >= 11 is 0.0599. The second-order valence-electron chi connectivity index (χ2n) is 6.08. The van der Waals surface area contributed by atoms with Gasteiger partial charge in [0.25, 0.3) is 0 Å². The third-order valence-electron chi connectivity index (χ3n) is 4.39. The first-order valence-electron chi connectivity index (χ1n) is 8.40. The molecule has 2 unspecified atom stereocenters. The summed E-state index contributed by atoms with van der Waals surface area (Å²) in [4.78, 5) is 29.5. The molecule has 1 aliphatic heterocycles. The molecule has 2 aromatic rings. The minimum atomic E-state index is -0.322. The molecule has 0 radical (unpaired) electrons. The van der Waals surface area contributed by atoms with Crippen molar-refractivity contribution in [2.45, 2.75) is 34.6 Å². The molecule has 0 spiro atoms. The molecular weight excluding hydrogens is 458 g/mol. The molecule has 0 N–H and O–H groups in total. The molecule has 1 saturated heterocycles. The average molecular weight is 480 g/mol. The average Bonchev–Trinajstić information content (AvgIpc) is 2.68. The van der Waals surface area contributed by atoms with Gasteiger partial charge in [-0.2, -0.15) is 0 Å². The summed E-state index contributed by atoms with van der Waals surface area (Å²) in [6, 6.07) is 19.9. The van der Waals surface area contributed by atoms with E-state index in [9.17, 15) is 9.59 Å². The SMILES string of the molecule is C[Se]C1C(=O)N(Cc2ccccc2)C([Se]C)C(=O)N1Cc1ccccc1. The van der Waals surface area contributed by atoms with E-state index in [2.05, 4.69) is 0 Å². The fourth-order valence-corrected chi connectivity index (χ4v) is 6.35. The van der Waals surface area contributed by atoms with Crippen molar-refractivity contribution in [3.8, 4) is 0 Å². The monoisotopic (exact) mass is 482 g/mol. The number of carbonyl (C=O) groups excluding carboxylic acids is 2. The number of carbonyl (C=O) groups is 2. The molecule has 136 valence electrons. The van der Waals surface area contributed by atoms with Gasteiger partial charge in [-0.05, 0) is 0 Å². The molecular formula is C20H22N2O2Se2. The molecule has 0 saturated carbocycles. The van der Waals surface area contributed by atoms with Crippen molar-refractivity contribution >= 4 is 41.7 Å². The van der Waals surface area contributed by atoms with E-state index >= 15 is 0 Å². The van der Waals surface area contributed by atoms with Crippen molar-refractivity contribution in [2.75, 3.05) is 0 Å². The van der Waals surface area contributed by atoms with Gasteiger partial charge < -0.3 is 0 Å². The van der Waals surface area contributed by atoms with Gasteiger partial charge in [-0.3, -0.25) is 0 Å². The first kappa shape index (κ1) is 19.2. The zero-order valence-corrected chi connectivity index (χ0v) is 18.3. The van der Waals surface area contributed by atoms with Crippen LogP contribution in [0.15, 0.2) is 60.7 Å². The fraction of sp³-hybridized carbons (Fsp3) is 0.300. The van der Waals surface area contributed by atoms with Crippen molar-refractivity contribution in [1.82, 2.24) is 9.80 Å². The van der Waals surface area contributed by atoms with Crippen LogP contribution in [-0.2, 0) is 22.7 Å². The van der Waals surface area contributed by atoms with Crippen molar-refractivity contribution in [3.05, 3.63) is 71.8 Å². The van der Waals surface area contributed by atoms with Crippen LogP contribution in [0, 0.1) is 0 Å². The Morgan fingerprint density at radius 3 is 1.35 bits per heavy atom. The third kappa shape index (κ3) is 4.05. The number of benzene rings is 2. The number of nitrogens with zero attached hydrogens (tertiary/aromatic N) is 2. The Morgan fingerprint density at radius 1 is 0.692 bits per heavy atom. The topological polar surface area (TPSA) is 40.6 Å². The van der Waals surface area contributed by atoms with E-state index in [1.54, 1.807) is 0 Å². The quantitative estimate of drug-likeness (QED) is 0.596. The molecule has 2 aromatic carbocycles. The molecule has 26 heavy (non-hydrogen) atoms. The van der Waals surface area contributed by atoms with Gasteiger partial charge in [-0.1, -0.05) is 0 Å². The van der Waals surface area contributed by atoms with Gasteiger partial charge in [0.05, 0.1) is 0 Å². The van der Waals surface area contributed by atoms with Crippen LogP contribution in [0.3, 0.4) is 0 Å². The van der Waals surface area contributed by atoms with E-state index in [1.807, 2.05) is 82.1 Å². The Kier molecular flexibility index (Phi) is 6.55. The van der Waals surface area contributed by atoms with E-state index in [0.717, 1.165) is 11.1 Å². The van der Waals surface area contributed by atoms with Gasteiger partial charge in [-0.25, -0.2) is 0 Å². The van der Waals surface area contributed by atoms with Gasteiger partial charge in [0.15, 0.2) is 0 Å². The second-order valence-corrected chi connectivity index (χ2v) is 9.93. The maximum atomic E-state index is 13.2. The van der Waals surface area contributed by atoms with E-state index < -0.39 is 0 Å². The summed E-state index contributed by atoms with van der Waals surface area (Å²) in [5.74, 6) is 4.28. The fourth-order valence-electron chi connectivity index (χ4n) is 3.12. The second kappa shape index (κ2) is 8.87. The standard InChI is InChI=1S/C20H22N2O2Se2/c1-25-19-17(23)22(14-16-11-7-4-8-12-16)20(26-2)18(24)21(19)13-15-9-5-3-6-10-15/h3-12,19-20H,13-14H2,1-2H3. The predicted molar refractivity (Wildman–Crippen MR) is 105 cm³/mol. The number of piperazine rings is 1. The third-order valence-corrected chi connectivity index (χ3v) is 8.18. The number of rotatable bonds is 6. The van der Waals surface area contributed by atoms with Crippen molar-refractivity contribution in [3.63, 3.8) is 0 Å². The van der Waals surface area contributed by atoms with Crippen LogP contribution in [-0.4, -0.2) is 61.4 Å². The number of hydrogen-bond donors (Lipinski definition) is 0. The summed E-state index contributed by atoms with van der Waals surface area (Å²) in [5, 5.41) is 0. The van der Waals surface area contributed by atoms with Gasteiger partial charge in [0, 0.05) is 0 Å². The van der Waals surface area contributed by atoms with Crippen molar-refractivity contribution in [2.24, 2.45) is 0 Å². The summed E-state index contributed by atoms with van der Waals surface area (Å²) in [6.45, 7) is 1.02. The first-order valence-corrected chi connectivity index (χ1v) is 13.8. The minimum absolute atomic E-state index is 0.0299. The van der Waals surface area contributed by atoms with E-state index in [1.165, 1.54) is 0 Å². The molecule has 2 atom stereocenters. The van der Waals surface area contributed by atoms with Crippen LogP contribution >= 0.6 is 0 Å². The molecule has 1 fully saturated rings. The number of amides is 2. The van der Waals surface area contributed by atoms with Crippen LogP contribution in [0.4, 0.5) is 0 Å². The Balaban J connectivity index is 1.87. The van der Waals surface area contributed by atoms with E-state index in [-0.39, 0.29) is 51.6 Å². The van der Waals surface area contributed by atoms with Crippen LogP contribution < -0.4 is 0 Å².